The minimum atomic E-state index is -4.03. The molecule has 6 nitrogen and oxygen atoms in total. The van der Waals surface area contributed by atoms with Crippen molar-refractivity contribution in [2.75, 3.05) is 27.3 Å². The third kappa shape index (κ3) is 3.08. The fourth-order valence-electron chi connectivity index (χ4n) is 2.39. The maximum atomic E-state index is 12.6. The maximum Gasteiger partial charge on any atom is 0.265 e. The Morgan fingerprint density at radius 1 is 1.19 bits per heavy atom. The minimum absolute atomic E-state index is 0.0822. The predicted octanol–water partition coefficient (Wildman–Crippen LogP) is 1.87. The Bertz CT molecular complexity index is 653. The Labute approximate surface area is 128 Å². The van der Waals surface area contributed by atoms with Crippen LogP contribution in [0.3, 0.4) is 0 Å². The van der Waals surface area contributed by atoms with Crippen molar-refractivity contribution in [3.63, 3.8) is 0 Å². The van der Waals surface area contributed by atoms with E-state index < -0.39 is 9.05 Å². The monoisotopic (exact) mass is 333 g/mol. The van der Waals surface area contributed by atoms with E-state index >= 15 is 0 Å². The van der Waals surface area contributed by atoms with Gasteiger partial charge in [0.15, 0.2) is 5.75 Å². The molecule has 1 aliphatic heterocycles. The fourth-order valence-corrected chi connectivity index (χ4v) is 3.39. The van der Waals surface area contributed by atoms with E-state index in [0.29, 0.717) is 13.1 Å². The molecule has 0 N–H and O–H groups in total. The highest BCUT2D eigenvalue weighted by Crippen LogP contribution is 2.37. The summed E-state index contributed by atoms with van der Waals surface area (Å²) in [6.07, 6.45) is 1.84. The number of benzene rings is 1. The van der Waals surface area contributed by atoms with Gasteiger partial charge in [0.2, 0.25) is 0 Å². The molecule has 0 radical (unpaired) electrons. The van der Waals surface area contributed by atoms with Crippen molar-refractivity contribution in [3.8, 4) is 11.5 Å². The molecule has 1 aromatic rings. The van der Waals surface area contributed by atoms with E-state index in [1.54, 1.807) is 4.90 Å². The number of hydrogen-bond acceptors (Lipinski definition) is 5. The lowest BCUT2D eigenvalue weighted by molar-refractivity contribution is 0.0785. The van der Waals surface area contributed by atoms with E-state index in [1.165, 1.54) is 26.4 Å². The first kappa shape index (κ1) is 15.9. The van der Waals surface area contributed by atoms with Gasteiger partial charge in [-0.2, -0.15) is 0 Å². The van der Waals surface area contributed by atoms with Gasteiger partial charge in [0.25, 0.3) is 15.0 Å². The molecule has 0 saturated carbocycles. The van der Waals surface area contributed by atoms with Gasteiger partial charge >= 0.3 is 0 Å². The van der Waals surface area contributed by atoms with Gasteiger partial charge in [-0.05, 0) is 25.0 Å². The fraction of sp³-hybridized carbons (Fsp3) is 0.462. The van der Waals surface area contributed by atoms with Crippen molar-refractivity contribution in [1.82, 2.24) is 4.90 Å². The molecule has 0 aromatic heterocycles. The summed E-state index contributed by atoms with van der Waals surface area (Å²) in [6, 6.07) is 2.67. The molecule has 1 saturated heterocycles. The molecule has 0 bridgehead atoms. The zero-order valence-electron chi connectivity index (χ0n) is 11.8. The highest BCUT2D eigenvalue weighted by molar-refractivity contribution is 8.13. The van der Waals surface area contributed by atoms with Gasteiger partial charge in [-0.3, -0.25) is 4.79 Å². The first-order valence-corrected chi connectivity index (χ1v) is 8.70. The van der Waals surface area contributed by atoms with Crippen LogP contribution in [0.15, 0.2) is 17.0 Å². The highest BCUT2D eigenvalue weighted by atomic mass is 35.7. The van der Waals surface area contributed by atoms with Crippen LogP contribution in [0, 0.1) is 0 Å². The van der Waals surface area contributed by atoms with Gasteiger partial charge in [-0.15, -0.1) is 0 Å². The van der Waals surface area contributed by atoms with Crippen molar-refractivity contribution >= 4 is 25.6 Å². The average Bonchev–Trinajstić information content (AvgIpc) is 2.97. The summed E-state index contributed by atoms with van der Waals surface area (Å²) in [5.41, 5.74) is 0.0867. The smallest absolute Gasteiger partial charge is 0.265 e. The van der Waals surface area contributed by atoms with Crippen molar-refractivity contribution < 1.29 is 22.7 Å². The SMILES string of the molecule is COc1ccc(S(=O)(=O)Cl)c(OC)c1C(=O)N1CCCC1. The maximum absolute atomic E-state index is 12.6. The number of halogens is 1. The quantitative estimate of drug-likeness (QED) is 0.786. The molecule has 8 heteroatoms. The van der Waals surface area contributed by atoms with Crippen LogP contribution in [0.1, 0.15) is 23.2 Å². The minimum Gasteiger partial charge on any atom is -0.496 e. The van der Waals surface area contributed by atoms with Gasteiger partial charge in [0.05, 0.1) is 14.2 Å². The first-order valence-electron chi connectivity index (χ1n) is 6.39. The van der Waals surface area contributed by atoms with Gasteiger partial charge in [-0.25, -0.2) is 8.42 Å². The van der Waals surface area contributed by atoms with E-state index in [1.807, 2.05) is 0 Å². The van der Waals surface area contributed by atoms with Crippen molar-refractivity contribution in [1.29, 1.82) is 0 Å². The number of methoxy groups -OCH3 is 2. The molecule has 0 spiro atoms. The summed E-state index contributed by atoms with van der Waals surface area (Å²) in [7, 11) is 4.07. The summed E-state index contributed by atoms with van der Waals surface area (Å²) in [5, 5.41) is 0. The lowest BCUT2D eigenvalue weighted by Crippen LogP contribution is -2.28. The number of likely N-dealkylation sites (tertiary alicyclic amines) is 1. The predicted molar refractivity (Wildman–Crippen MR) is 77.7 cm³/mol. The first-order chi connectivity index (χ1) is 9.90. The van der Waals surface area contributed by atoms with Crippen LogP contribution in [-0.4, -0.2) is 46.5 Å². The largest absolute Gasteiger partial charge is 0.496 e. The second kappa shape index (κ2) is 6.11. The van der Waals surface area contributed by atoms with E-state index in [4.69, 9.17) is 20.2 Å². The molecule has 2 rings (SSSR count). The Morgan fingerprint density at radius 2 is 1.81 bits per heavy atom. The number of nitrogens with zero attached hydrogens (tertiary/aromatic N) is 1. The van der Waals surface area contributed by atoms with Crippen LogP contribution in [0.25, 0.3) is 0 Å². The van der Waals surface area contributed by atoms with E-state index in [9.17, 15) is 13.2 Å². The summed E-state index contributed by atoms with van der Waals surface area (Å²) in [4.78, 5) is 14.0. The number of amides is 1. The topological polar surface area (TPSA) is 72.9 Å². The Hall–Kier alpha value is -1.47. The Morgan fingerprint density at radius 3 is 2.29 bits per heavy atom. The van der Waals surface area contributed by atoms with E-state index in [-0.39, 0.29) is 27.9 Å². The Balaban J connectivity index is 2.63. The van der Waals surface area contributed by atoms with Crippen LogP contribution in [-0.2, 0) is 9.05 Å². The van der Waals surface area contributed by atoms with Gasteiger partial charge in [0, 0.05) is 23.8 Å². The lowest BCUT2D eigenvalue weighted by Gasteiger charge is -2.20. The molecule has 1 heterocycles. The molecule has 1 aliphatic rings. The lowest BCUT2D eigenvalue weighted by atomic mass is 10.1. The molecule has 0 aliphatic carbocycles. The summed E-state index contributed by atoms with van der Waals surface area (Å²) < 4.78 is 33.6. The molecule has 116 valence electrons. The molecule has 1 amide bonds. The molecule has 0 atom stereocenters. The van der Waals surface area contributed by atoms with Crippen molar-refractivity contribution in [3.05, 3.63) is 17.7 Å². The Kier molecular flexibility index (Phi) is 4.63. The molecule has 1 aromatic carbocycles. The third-order valence-electron chi connectivity index (χ3n) is 3.38. The van der Waals surface area contributed by atoms with E-state index in [2.05, 4.69) is 0 Å². The van der Waals surface area contributed by atoms with Gasteiger partial charge in [-0.1, -0.05) is 0 Å². The second-order valence-electron chi connectivity index (χ2n) is 4.61. The molecule has 1 fully saturated rings. The van der Waals surface area contributed by atoms with E-state index in [0.717, 1.165) is 12.8 Å². The standard InChI is InChI=1S/C13H16ClNO5S/c1-19-9-5-6-10(21(14,17)18)12(20-2)11(9)13(16)15-7-3-4-8-15/h5-6H,3-4,7-8H2,1-2H3. The number of ether oxygens (including phenoxy) is 2. The number of hydrogen-bond donors (Lipinski definition) is 0. The molecule has 21 heavy (non-hydrogen) atoms. The number of rotatable bonds is 4. The van der Waals surface area contributed by atoms with Gasteiger partial charge in [0.1, 0.15) is 16.2 Å². The normalized spacial score (nSPS) is 15.1. The van der Waals surface area contributed by atoms with Crippen LogP contribution in [0.4, 0.5) is 0 Å². The van der Waals surface area contributed by atoms with Crippen LogP contribution in [0.5, 0.6) is 11.5 Å². The molecular weight excluding hydrogens is 318 g/mol. The van der Waals surface area contributed by atoms with Crippen molar-refractivity contribution in [2.45, 2.75) is 17.7 Å². The average molecular weight is 334 g/mol. The summed E-state index contributed by atoms with van der Waals surface area (Å²) in [6.45, 7) is 1.26. The van der Waals surface area contributed by atoms with Crippen LogP contribution < -0.4 is 9.47 Å². The van der Waals surface area contributed by atoms with Gasteiger partial charge < -0.3 is 14.4 Å². The molecular formula is C13H16ClNO5S. The third-order valence-corrected chi connectivity index (χ3v) is 4.72. The zero-order valence-corrected chi connectivity index (χ0v) is 13.3. The van der Waals surface area contributed by atoms with Crippen LogP contribution >= 0.6 is 10.7 Å². The number of carbonyl (C=O) groups is 1. The summed E-state index contributed by atoms with van der Waals surface area (Å²) in [5.74, 6) is -0.141. The second-order valence-corrected chi connectivity index (χ2v) is 7.15. The summed E-state index contributed by atoms with van der Waals surface area (Å²) >= 11 is 0. The molecule has 0 unspecified atom stereocenters. The highest BCUT2D eigenvalue weighted by Gasteiger charge is 2.30. The van der Waals surface area contributed by atoms with Crippen LogP contribution in [0.2, 0.25) is 0 Å². The zero-order chi connectivity index (χ0) is 15.6. The number of carbonyl (C=O) groups excluding carboxylic acids is 1. The van der Waals surface area contributed by atoms with Crippen molar-refractivity contribution in [2.24, 2.45) is 0 Å².